The molecule has 0 saturated carbocycles. The van der Waals surface area contributed by atoms with Crippen LogP contribution in [0.2, 0.25) is 0 Å². The molecule has 2 aromatic carbocycles. The van der Waals surface area contributed by atoms with Crippen LogP contribution in [0.3, 0.4) is 0 Å². The Balaban J connectivity index is 1.95. The fourth-order valence-corrected chi connectivity index (χ4v) is 2.64. The van der Waals surface area contributed by atoms with Gasteiger partial charge in [0.05, 0.1) is 11.5 Å². The fourth-order valence-electron chi connectivity index (χ4n) is 2.64. The number of halogens is 3. The highest BCUT2D eigenvalue weighted by molar-refractivity contribution is 5.89. The number of alkyl halides is 3. The number of hydrogen-bond donors (Lipinski definition) is 0. The Morgan fingerprint density at radius 2 is 1.52 bits per heavy atom. The van der Waals surface area contributed by atoms with Gasteiger partial charge in [-0.15, -0.1) is 0 Å². The number of carbonyl (C=O) groups excluding carboxylic acids is 2. The van der Waals surface area contributed by atoms with E-state index in [0.717, 1.165) is 12.0 Å². The Bertz CT molecular complexity index is 825. The van der Waals surface area contributed by atoms with Crippen LogP contribution < -0.4 is 4.74 Å². The molecule has 0 fully saturated rings. The van der Waals surface area contributed by atoms with Crippen molar-refractivity contribution in [3.8, 4) is 5.75 Å². The van der Waals surface area contributed by atoms with Crippen LogP contribution in [0.1, 0.15) is 48.2 Å². The van der Waals surface area contributed by atoms with Crippen molar-refractivity contribution in [2.75, 3.05) is 6.61 Å². The first kappa shape index (κ1) is 22.5. The van der Waals surface area contributed by atoms with E-state index >= 15 is 0 Å². The van der Waals surface area contributed by atoms with Crippen LogP contribution in [0.15, 0.2) is 48.5 Å². The first-order valence-corrected chi connectivity index (χ1v) is 9.19. The van der Waals surface area contributed by atoms with Crippen molar-refractivity contribution in [2.24, 2.45) is 5.92 Å². The monoisotopic (exact) mass is 408 g/mol. The molecule has 0 amide bonds. The zero-order chi connectivity index (χ0) is 21.6. The SMILES string of the molecule is CC(C)Cc1ccc(C(C)C(=O)Oc2ccc(C(=O)OCC(F)(F)F)cc2)cc1. The number of esters is 2. The average Bonchev–Trinajstić information content (AvgIpc) is 2.65. The molecule has 1 atom stereocenters. The molecule has 0 aromatic heterocycles. The largest absolute Gasteiger partial charge is 0.452 e. The molecule has 4 nitrogen and oxygen atoms in total. The van der Waals surface area contributed by atoms with Crippen molar-refractivity contribution >= 4 is 11.9 Å². The Kier molecular flexibility index (Phi) is 7.42. The number of ether oxygens (including phenoxy) is 2. The zero-order valence-corrected chi connectivity index (χ0v) is 16.5. The van der Waals surface area contributed by atoms with Crippen LogP contribution >= 0.6 is 0 Å². The van der Waals surface area contributed by atoms with Crippen LogP contribution in [-0.2, 0) is 16.0 Å². The number of benzene rings is 2. The second kappa shape index (κ2) is 9.58. The lowest BCUT2D eigenvalue weighted by Gasteiger charge is -2.13. The molecule has 0 aliphatic heterocycles. The molecule has 0 N–H and O–H groups in total. The van der Waals surface area contributed by atoms with Crippen molar-refractivity contribution in [1.29, 1.82) is 0 Å². The molecule has 1 unspecified atom stereocenters. The van der Waals surface area contributed by atoms with Crippen molar-refractivity contribution in [3.63, 3.8) is 0 Å². The molecule has 0 aliphatic rings. The predicted octanol–water partition coefficient (Wildman–Crippen LogP) is 5.31. The molecule has 2 rings (SSSR count). The molecule has 0 radical (unpaired) electrons. The van der Waals surface area contributed by atoms with Gasteiger partial charge in [0, 0.05) is 0 Å². The minimum Gasteiger partial charge on any atom is -0.452 e. The highest BCUT2D eigenvalue weighted by Gasteiger charge is 2.29. The lowest BCUT2D eigenvalue weighted by atomic mass is 9.97. The Labute approximate surface area is 167 Å². The van der Waals surface area contributed by atoms with E-state index < -0.39 is 30.6 Å². The van der Waals surface area contributed by atoms with E-state index in [1.807, 2.05) is 24.3 Å². The van der Waals surface area contributed by atoms with Crippen molar-refractivity contribution < 1.29 is 32.2 Å². The van der Waals surface area contributed by atoms with Crippen LogP contribution in [0.25, 0.3) is 0 Å². The van der Waals surface area contributed by atoms with Gasteiger partial charge in [-0.1, -0.05) is 38.1 Å². The molecule has 0 saturated heterocycles. The van der Waals surface area contributed by atoms with Crippen molar-refractivity contribution in [1.82, 2.24) is 0 Å². The summed E-state index contributed by atoms with van der Waals surface area (Å²) in [6, 6.07) is 12.9. The standard InChI is InChI=1S/C22H23F3O4/c1-14(2)12-16-4-6-17(7-5-16)15(3)20(26)29-19-10-8-18(9-11-19)21(27)28-13-22(23,24)25/h4-11,14-15H,12-13H2,1-3H3. The maximum atomic E-state index is 12.4. The van der Waals surface area contributed by atoms with Gasteiger partial charge in [0.1, 0.15) is 5.75 Å². The van der Waals surface area contributed by atoms with Gasteiger partial charge in [-0.3, -0.25) is 4.79 Å². The molecule has 156 valence electrons. The minimum absolute atomic E-state index is 0.0668. The lowest BCUT2D eigenvalue weighted by Crippen LogP contribution is -2.20. The van der Waals surface area contributed by atoms with Gasteiger partial charge in [0.2, 0.25) is 0 Å². The van der Waals surface area contributed by atoms with Gasteiger partial charge in [0.25, 0.3) is 0 Å². The third kappa shape index (κ3) is 7.25. The molecule has 2 aromatic rings. The lowest BCUT2D eigenvalue weighted by molar-refractivity contribution is -0.161. The maximum Gasteiger partial charge on any atom is 0.422 e. The molecular weight excluding hydrogens is 385 g/mol. The third-order valence-electron chi connectivity index (χ3n) is 4.15. The normalized spacial score (nSPS) is 12.5. The van der Waals surface area contributed by atoms with Gasteiger partial charge < -0.3 is 9.47 Å². The zero-order valence-electron chi connectivity index (χ0n) is 16.5. The van der Waals surface area contributed by atoms with Gasteiger partial charge in [0.15, 0.2) is 6.61 Å². The highest BCUT2D eigenvalue weighted by Crippen LogP contribution is 2.22. The van der Waals surface area contributed by atoms with E-state index in [2.05, 4.69) is 18.6 Å². The van der Waals surface area contributed by atoms with Crippen LogP contribution in [0, 0.1) is 5.92 Å². The van der Waals surface area contributed by atoms with Crippen LogP contribution in [0.4, 0.5) is 13.2 Å². The van der Waals surface area contributed by atoms with Crippen molar-refractivity contribution in [2.45, 2.75) is 39.3 Å². The summed E-state index contributed by atoms with van der Waals surface area (Å²) in [5, 5.41) is 0. The average molecular weight is 408 g/mol. The van der Waals surface area contributed by atoms with Gasteiger partial charge >= 0.3 is 18.1 Å². The Morgan fingerprint density at radius 3 is 2.03 bits per heavy atom. The van der Waals surface area contributed by atoms with Gasteiger partial charge in [-0.25, -0.2) is 4.79 Å². The first-order valence-electron chi connectivity index (χ1n) is 9.19. The molecule has 0 aliphatic carbocycles. The molecule has 0 heterocycles. The van der Waals surface area contributed by atoms with E-state index in [4.69, 9.17) is 4.74 Å². The summed E-state index contributed by atoms with van der Waals surface area (Å²) in [7, 11) is 0. The topological polar surface area (TPSA) is 52.6 Å². The predicted molar refractivity (Wildman–Crippen MR) is 102 cm³/mol. The summed E-state index contributed by atoms with van der Waals surface area (Å²) < 4.78 is 45.8. The molecule has 0 bridgehead atoms. The highest BCUT2D eigenvalue weighted by atomic mass is 19.4. The van der Waals surface area contributed by atoms with Crippen LogP contribution in [-0.4, -0.2) is 24.7 Å². The molecule has 0 spiro atoms. The summed E-state index contributed by atoms with van der Waals surface area (Å²) in [6.45, 7) is 4.34. The summed E-state index contributed by atoms with van der Waals surface area (Å²) in [5.74, 6) is -1.36. The van der Waals surface area contributed by atoms with Gasteiger partial charge in [-0.05, 0) is 54.7 Å². The first-order chi connectivity index (χ1) is 13.5. The smallest absolute Gasteiger partial charge is 0.422 e. The Morgan fingerprint density at radius 1 is 0.931 bits per heavy atom. The van der Waals surface area contributed by atoms with E-state index in [1.54, 1.807) is 6.92 Å². The fraction of sp³-hybridized carbons (Fsp3) is 0.364. The number of carbonyl (C=O) groups is 2. The summed E-state index contributed by atoms with van der Waals surface area (Å²) in [4.78, 5) is 24.0. The maximum absolute atomic E-state index is 12.4. The Hall–Kier alpha value is -2.83. The van der Waals surface area contributed by atoms with E-state index in [1.165, 1.54) is 29.8 Å². The third-order valence-corrected chi connectivity index (χ3v) is 4.15. The summed E-state index contributed by atoms with van der Waals surface area (Å²) in [6.07, 6.45) is -3.63. The number of rotatable bonds is 7. The van der Waals surface area contributed by atoms with Gasteiger partial charge in [-0.2, -0.15) is 13.2 Å². The molecule has 7 heteroatoms. The summed E-state index contributed by atoms with van der Waals surface area (Å²) in [5.41, 5.74) is 1.94. The van der Waals surface area contributed by atoms with E-state index in [0.29, 0.717) is 5.92 Å². The van der Waals surface area contributed by atoms with Crippen molar-refractivity contribution in [3.05, 3.63) is 65.2 Å². The second-order valence-electron chi connectivity index (χ2n) is 7.20. The quantitative estimate of drug-likeness (QED) is 0.460. The molecule has 29 heavy (non-hydrogen) atoms. The van der Waals surface area contributed by atoms with E-state index in [9.17, 15) is 22.8 Å². The van der Waals surface area contributed by atoms with Crippen LogP contribution in [0.5, 0.6) is 5.75 Å². The summed E-state index contributed by atoms with van der Waals surface area (Å²) >= 11 is 0. The molecular formula is C22H23F3O4. The van der Waals surface area contributed by atoms with E-state index in [-0.39, 0.29) is 11.3 Å². The number of hydrogen-bond acceptors (Lipinski definition) is 4. The second-order valence-corrected chi connectivity index (χ2v) is 7.20. The minimum atomic E-state index is -4.59.